The van der Waals surface area contributed by atoms with Gasteiger partial charge in [0.2, 0.25) is 11.8 Å². The van der Waals surface area contributed by atoms with E-state index in [-0.39, 0.29) is 36.4 Å². The summed E-state index contributed by atoms with van der Waals surface area (Å²) in [5, 5.41) is 1.25. The van der Waals surface area contributed by atoms with Crippen LogP contribution in [0.2, 0.25) is 0 Å². The first-order valence-electron chi connectivity index (χ1n) is 9.32. The van der Waals surface area contributed by atoms with Gasteiger partial charge in [-0.1, -0.05) is 18.2 Å². The molecule has 0 saturated carbocycles. The standard InChI is InChI=1S/C20H22N2O5/c23-18-16-8-1-2-9-17(16)19(24)22(21-18)14-6-3-5-13(11-14)20(25)27-12-15-7-4-10-26-15/h1-3,5-6,11,15-17H,4,7-10,12H2,(H,21,23). The van der Waals surface area contributed by atoms with Crippen molar-refractivity contribution in [3.05, 3.63) is 42.0 Å². The molecule has 27 heavy (non-hydrogen) atoms. The third-order valence-corrected chi connectivity index (χ3v) is 5.29. The van der Waals surface area contributed by atoms with Gasteiger partial charge in [-0.15, -0.1) is 0 Å². The molecule has 2 amide bonds. The lowest BCUT2D eigenvalue weighted by Crippen LogP contribution is -2.59. The Balaban J connectivity index is 1.48. The van der Waals surface area contributed by atoms with Crippen LogP contribution >= 0.6 is 0 Å². The van der Waals surface area contributed by atoms with E-state index in [0.29, 0.717) is 30.7 Å². The highest BCUT2D eigenvalue weighted by Gasteiger charge is 2.42. The zero-order chi connectivity index (χ0) is 18.8. The molecule has 2 aliphatic heterocycles. The fraction of sp³-hybridized carbons (Fsp3) is 0.450. The van der Waals surface area contributed by atoms with Gasteiger partial charge in [0.15, 0.2) is 0 Å². The predicted octanol–water partition coefficient (Wildman–Crippen LogP) is 1.98. The fourth-order valence-electron chi connectivity index (χ4n) is 3.78. The summed E-state index contributed by atoms with van der Waals surface area (Å²) in [7, 11) is 0. The Bertz CT molecular complexity index is 784. The van der Waals surface area contributed by atoms with Crippen molar-refractivity contribution in [2.75, 3.05) is 18.2 Å². The lowest BCUT2D eigenvalue weighted by molar-refractivity contribution is -0.139. The average molecular weight is 370 g/mol. The zero-order valence-corrected chi connectivity index (χ0v) is 14.9. The zero-order valence-electron chi connectivity index (χ0n) is 14.9. The molecule has 3 aliphatic rings. The van der Waals surface area contributed by atoms with E-state index < -0.39 is 5.97 Å². The molecule has 142 valence electrons. The number of benzene rings is 1. The molecule has 3 atom stereocenters. The molecule has 0 radical (unpaired) electrons. The normalized spacial score (nSPS) is 27.3. The van der Waals surface area contributed by atoms with Gasteiger partial charge in [-0.3, -0.25) is 15.0 Å². The van der Waals surface area contributed by atoms with Gasteiger partial charge < -0.3 is 9.47 Å². The molecule has 1 N–H and O–H groups in total. The van der Waals surface area contributed by atoms with Crippen molar-refractivity contribution in [2.45, 2.75) is 31.8 Å². The van der Waals surface area contributed by atoms with Crippen molar-refractivity contribution in [3.63, 3.8) is 0 Å². The van der Waals surface area contributed by atoms with Crippen molar-refractivity contribution < 1.29 is 23.9 Å². The lowest BCUT2D eigenvalue weighted by atomic mass is 9.80. The van der Waals surface area contributed by atoms with Crippen LogP contribution in [0.3, 0.4) is 0 Å². The van der Waals surface area contributed by atoms with Crippen LogP contribution in [0.15, 0.2) is 36.4 Å². The van der Waals surface area contributed by atoms with Crippen LogP contribution in [-0.2, 0) is 19.1 Å². The van der Waals surface area contributed by atoms with Gasteiger partial charge in [0, 0.05) is 6.61 Å². The van der Waals surface area contributed by atoms with Gasteiger partial charge in [-0.2, -0.15) is 0 Å². The van der Waals surface area contributed by atoms with Crippen LogP contribution in [0, 0.1) is 11.8 Å². The number of hydrogen-bond acceptors (Lipinski definition) is 5. The number of amides is 2. The molecule has 0 bridgehead atoms. The summed E-state index contributed by atoms with van der Waals surface area (Å²) in [5.41, 5.74) is 3.45. The second kappa shape index (κ2) is 7.52. The maximum atomic E-state index is 12.8. The summed E-state index contributed by atoms with van der Waals surface area (Å²) in [6.45, 7) is 0.921. The second-order valence-corrected chi connectivity index (χ2v) is 7.09. The summed E-state index contributed by atoms with van der Waals surface area (Å²) in [6.07, 6.45) is 6.83. The number of rotatable bonds is 4. The van der Waals surface area contributed by atoms with Gasteiger partial charge in [0.1, 0.15) is 6.61 Å². The van der Waals surface area contributed by atoms with E-state index in [1.54, 1.807) is 24.3 Å². The van der Waals surface area contributed by atoms with Gasteiger partial charge in [-0.25, -0.2) is 9.80 Å². The smallest absolute Gasteiger partial charge is 0.338 e. The monoisotopic (exact) mass is 370 g/mol. The van der Waals surface area contributed by atoms with Crippen molar-refractivity contribution >= 4 is 23.5 Å². The summed E-state index contributed by atoms with van der Waals surface area (Å²) < 4.78 is 10.8. The number of carbonyl (C=O) groups excluding carboxylic acids is 3. The van der Waals surface area contributed by atoms with Gasteiger partial charge in [-0.05, 0) is 43.9 Å². The molecule has 2 saturated heterocycles. The number of nitrogens with one attached hydrogen (secondary N) is 1. The van der Waals surface area contributed by atoms with E-state index in [1.807, 2.05) is 12.2 Å². The minimum absolute atomic E-state index is 0.0450. The molecular weight excluding hydrogens is 348 g/mol. The third kappa shape index (κ3) is 3.60. The largest absolute Gasteiger partial charge is 0.459 e. The number of ether oxygens (including phenoxy) is 2. The molecule has 2 fully saturated rings. The van der Waals surface area contributed by atoms with Crippen LogP contribution in [-0.4, -0.2) is 37.1 Å². The van der Waals surface area contributed by atoms with Crippen molar-refractivity contribution in [2.24, 2.45) is 11.8 Å². The molecule has 7 nitrogen and oxygen atoms in total. The second-order valence-electron chi connectivity index (χ2n) is 7.09. The number of anilines is 1. The van der Waals surface area contributed by atoms with E-state index in [9.17, 15) is 14.4 Å². The van der Waals surface area contributed by atoms with Gasteiger partial charge in [0.25, 0.3) is 0 Å². The Morgan fingerprint density at radius 2 is 2.04 bits per heavy atom. The van der Waals surface area contributed by atoms with E-state index >= 15 is 0 Å². The highest BCUT2D eigenvalue weighted by molar-refractivity contribution is 6.04. The van der Waals surface area contributed by atoms with E-state index in [4.69, 9.17) is 9.47 Å². The highest BCUT2D eigenvalue weighted by atomic mass is 16.6. The van der Waals surface area contributed by atoms with Gasteiger partial charge >= 0.3 is 5.97 Å². The van der Waals surface area contributed by atoms with E-state index in [2.05, 4.69) is 5.43 Å². The Morgan fingerprint density at radius 3 is 2.81 bits per heavy atom. The minimum atomic E-state index is -0.471. The molecular formula is C20H22N2O5. The third-order valence-electron chi connectivity index (χ3n) is 5.29. The number of hydrogen-bond donors (Lipinski definition) is 1. The summed E-state index contributed by atoms with van der Waals surface area (Å²) in [5.74, 6) is -1.48. The van der Waals surface area contributed by atoms with Crippen molar-refractivity contribution in [1.82, 2.24) is 5.43 Å². The maximum absolute atomic E-state index is 12.8. The SMILES string of the molecule is O=C(OCC1CCCO1)c1cccc(N2NC(=O)C3CC=CCC3C2=O)c1. The summed E-state index contributed by atoms with van der Waals surface area (Å²) >= 11 is 0. The first kappa shape index (κ1) is 17.7. The predicted molar refractivity (Wildman–Crippen MR) is 96.7 cm³/mol. The molecule has 0 spiro atoms. The molecule has 7 heteroatoms. The van der Waals surface area contributed by atoms with Crippen molar-refractivity contribution in [1.29, 1.82) is 0 Å². The molecule has 2 heterocycles. The quantitative estimate of drug-likeness (QED) is 0.647. The molecule has 1 aromatic carbocycles. The molecule has 0 aromatic heterocycles. The van der Waals surface area contributed by atoms with E-state index in [1.165, 1.54) is 5.01 Å². The van der Waals surface area contributed by atoms with Crippen LogP contribution in [0.25, 0.3) is 0 Å². The maximum Gasteiger partial charge on any atom is 0.338 e. The molecule has 4 rings (SSSR count). The van der Waals surface area contributed by atoms with Crippen LogP contribution in [0.5, 0.6) is 0 Å². The summed E-state index contributed by atoms with van der Waals surface area (Å²) in [4.78, 5) is 37.5. The first-order chi connectivity index (χ1) is 13.1. The number of nitrogens with zero attached hydrogens (tertiary/aromatic N) is 1. The van der Waals surface area contributed by atoms with Crippen molar-refractivity contribution in [3.8, 4) is 0 Å². The first-order valence-corrected chi connectivity index (χ1v) is 9.32. The van der Waals surface area contributed by atoms with Gasteiger partial charge in [0.05, 0.1) is 29.2 Å². The average Bonchev–Trinajstić information content (AvgIpc) is 3.23. The number of allylic oxidation sites excluding steroid dienone is 2. The Labute approximate surface area is 157 Å². The minimum Gasteiger partial charge on any atom is -0.459 e. The van der Waals surface area contributed by atoms with E-state index in [0.717, 1.165) is 12.8 Å². The van der Waals surface area contributed by atoms with Crippen LogP contribution in [0.1, 0.15) is 36.0 Å². The lowest BCUT2D eigenvalue weighted by Gasteiger charge is -2.38. The van der Waals surface area contributed by atoms with Crippen LogP contribution in [0.4, 0.5) is 5.69 Å². The topological polar surface area (TPSA) is 84.9 Å². The Hall–Kier alpha value is -2.67. The molecule has 1 aromatic rings. The molecule has 3 unspecified atom stereocenters. The number of hydrazine groups is 1. The number of carbonyl (C=O) groups is 3. The molecule has 1 aliphatic carbocycles. The Kier molecular flexibility index (Phi) is 4.94. The Morgan fingerprint density at radius 1 is 1.22 bits per heavy atom. The highest BCUT2D eigenvalue weighted by Crippen LogP contribution is 2.32. The van der Waals surface area contributed by atoms with Crippen LogP contribution < -0.4 is 10.4 Å². The number of fused-ring (bicyclic) bond motifs is 1. The fourth-order valence-corrected chi connectivity index (χ4v) is 3.78. The number of esters is 1. The summed E-state index contributed by atoms with van der Waals surface area (Å²) in [6, 6.07) is 6.55.